The summed E-state index contributed by atoms with van der Waals surface area (Å²) in [5, 5.41) is 1.00. The van der Waals surface area contributed by atoms with Gasteiger partial charge in [-0.25, -0.2) is 21.6 Å². The number of ether oxygens (including phenoxy) is 1. The Hall–Kier alpha value is -1.58. The molecule has 1 atom stereocenters. The van der Waals surface area contributed by atoms with Gasteiger partial charge in [0.15, 0.2) is 9.84 Å². The van der Waals surface area contributed by atoms with Crippen molar-refractivity contribution < 1.29 is 21.6 Å². The Bertz CT molecular complexity index is 797. The lowest BCUT2D eigenvalue weighted by Gasteiger charge is -2.15. The summed E-state index contributed by atoms with van der Waals surface area (Å²) in [6.45, 7) is 1.73. The van der Waals surface area contributed by atoms with Crippen molar-refractivity contribution in [2.45, 2.75) is 17.9 Å². The summed E-state index contributed by atoms with van der Waals surface area (Å²) in [7, 11) is -5.94. The van der Waals surface area contributed by atoms with Crippen LogP contribution in [0.25, 0.3) is 0 Å². The van der Waals surface area contributed by atoms with Crippen LogP contribution in [0.15, 0.2) is 28.5 Å². The Kier molecular flexibility index (Phi) is 4.00. The zero-order chi connectivity index (χ0) is 15.8. The number of nitrogens with one attached hydrogen (secondary N) is 1. The highest BCUT2D eigenvalue weighted by Crippen LogP contribution is 2.29. The molecule has 3 N–H and O–H groups in total. The zero-order valence-corrected chi connectivity index (χ0v) is 13.2. The van der Waals surface area contributed by atoms with Crippen LogP contribution < -0.4 is 15.2 Å². The van der Waals surface area contributed by atoms with Crippen molar-refractivity contribution in [2.24, 2.45) is 0 Å². The third-order valence-electron chi connectivity index (χ3n) is 3.08. The van der Waals surface area contributed by atoms with Crippen LogP contribution in [0.5, 0.6) is 5.75 Å². The van der Waals surface area contributed by atoms with E-state index in [4.69, 9.17) is 10.5 Å². The third kappa shape index (κ3) is 3.36. The maximum absolute atomic E-state index is 12.4. The van der Waals surface area contributed by atoms with E-state index in [0.717, 1.165) is 5.41 Å². The van der Waals surface area contributed by atoms with Gasteiger partial charge in [-0.1, -0.05) is 6.08 Å². The molecule has 9 heteroatoms. The molecule has 0 amide bonds. The van der Waals surface area contributed by atoms with Crippen LogP contribution in [0.2, 0.25) is 0 Å². The number of sulfonamides is 1. The maximum atomic E-state index is 12.4. The highest BCUT2D eigenvalue weighted by atomic mass is 32.2. The molecule has 2 rings (SSSR count). The second-order valence-electron chi connectivity index (χ2n) is 4.75. The topological polar surface area (TPSA) is 116 Å². The van der Waals surface area contributed by atoms with Crippen LogP contribution >= 0.6 is 0 Å². The Labute approximate surface area is 123 Å². The highest BCUT2D eigenvalue weighted by Gasteiger charge is 2.28. The first-order chi connectivity index (χ1) is 9.64. The standard InChI is InChI=1S/C12H16N2O5S2/c1-8-5-11(19-2)12(6-10(8)13)21(17,18)14-9-3-4-20(15,16)7-9/h3-6,9,14H,7,13H2,1-2H3. The summed E-state index contributed by atoms with van der Waals surface area (Å²) in [4.78, 5) is -0.120. The fraction of sp³-hybridized carbons (Fsp3) is 0.333. The van der Waals surface area contributed by atoms with Crippen molar-refractivity contribution >= 4 is 25.5 Å². The summed E-state index contributed by atoms with van der Waals surface area (Å²) >= 11 is 0. The summed E-state index contributed by atoms with van der Waals surface area (Å²) in [6.07, 6.45) is 1.30. The van der Waals surface area contributed by atoms with Crippen LogP contribution in [0.1, 0.15) is 5.56 Å². The van der Waals surface area contributed by atoms with Gasteiger partial charge in [-0.05, 0) is 24.6 Å². The van der Waals surface area contributed by atoms with E-state index in [9.17, 15) is 16.8 Å². The van der Waals surface area contributed by atoms with Gasteiger partial charge in [0.25, 0.3) is 0 Å². The molecular weight excluding hydrogens is 316 g/mol. The minimum absolute atomic E-state index is 0.120. The second kappa shape index (κ2) is 5.32. The number of anilines is 1. The molecule has 116 valence electrons. The van der Waals surface area contributed by atoms with Crippen molar-refractivity contribution in [3.8, 4) is 5.75 Å². The van der Waals surface area contributed by atoms with Crippen LogP contribution in [0.4, 0.5) is 5.69 Å². The molecule has 0 radical (unpaired) electrons. The van der Waals surface area contributed by atoms with Gasteiger partial charge in [-0.3, -0.25) is 0 Å². The van der Waals surface area contributed by atoms with E-state index in [2.05, 4.69) is 4.72 Å². The summed E-state index contributed by atoms with van der Waals surface area (Å²) in [5.74, 6) is -0.144. The fourth-order valence-electron chi connectivity index (χ4n) is 1.96. The van der Waals surface area contributed by atoms with Crippen molar-refractivity contribution in [2.75, 3.05) is 18.6 Å². The van der Waals surface area contributed by atoms with Gasteiger partial charge < -0.3 is 10.5 Å². The number of hydrogen-bond donors (Lipinski definition) is 2. The van der Waals surface area contributed by atoms with E-state index in [0.29, 0.717) is 11.3 Å². The number of nitrogens with two attached hydrogens (primary N) is 1. The molecule has 1 aromatic carbocycles. The lowest BCUT2D eigenvalue weighted by Crippen LogP contribution is -2.35. The van der Waals surface area contributed by atoms with E-state index >= 15 is 0 Å². The number of methoxy groups -OCH3 is 1. The molecule has 0 spiro atoms. The molecule has 1 aliphatic heterocycles. The molecule has 1 unspecified atom stereocenters. The number of nitrogen functional groups attached to an aromatic ring is 1. The Balaban J connectivity index is 2.37. The van der Waals surface area contributed by atoms with Gasteiger partial charge in [-0.15, -0.1) is 0 Å². The Morgan fingerprint density at radius 1 is 1.38 bits per heavy atom. The van der Waals surface area contributed by atoms with Gasteiger partial charge in [-0.2, -0.15) is 0 Å². The normalized spacial score (nSPS) is 20.6. The van der Waals surface area contributed by atoms with E-state index in [1.165, 1.54) is 25.3 Å². The first-order valence-corrected chi connectivity index (χ1v) is 9.22. The quantitative estimate of drug-likeness (QED) is 0.760. The van der Waals surface area contributed by atoms with Crippen molar-refractivity contribution in [1.82, 2.24) is 4.72 Å². The van der Waals surface area contributed by atoms with Gasteiger partial charge >= 0.3 is 0 Å². The molecule has 1 aromatic rings. The molecular formula is C12H16N2O5S2. The monoisotopic (exact) mass is 332 g/mol. The molecule has 0 aromatic heterocycles. The maximum Gasteiger partial charge on any atom is 0.244 e. The molecule has 0 bridgehead atoms. The molecule has 0 aliphatic carbocycles. The third-order valence-corrected chi connectivity index (χ3v) is 5.99. The molecule has 1 aliphatic rings. The van der Waals surface area contributed by atoms with E-state index in [-0.39, 0.29) is 16.4 Å². The summed E-state index contributed by atoms with van der Waals surface area (Å²) in [6, 6.07) is 2.02. The van der Waals surface area contributed by atoms with Crippen molar-refractivity contribution in [1.29, 1.82) is 0 Å². The molecule has 0 fully saturated rings. The van der Waals surface area contributed by atoms with Crippen LogP contribution in [-0.4, -0.2) is 35.7 Å². The number of sulfone groups is 1. The highest BCUT2D eigenvalue weighted by molar-refractivity contribution is 7.94. The Morgan fingerprint density at radius 3 is 2.57 bits per heavy atom. The van der Waals surface area contributed by atoms with Crippen LogP contribution in [-0.2, 0) is 19.9 Å². The fourth-order valence-corrected chi connectivity index (χ4v) is 4.68. The second-order valence-corrected chi connectivity index (χ2v) is 8.36. The first-order valence-electron chi connectivity index (χ1n) is 6.02. The SMILES string of the molecule is COc1cc(C)c(N)cc1S(=O)(=O)NC1C=CS(=O)(=O)C1. The van der Waals surface area contributed by atoms with Gasteiger partial charge in [0.2, 0.25) is 10.0 Å². The molecule has 1 heterocycles. The number of hydrogen-bond acceptors (Lipinski definition) is 6. The molecule has 21 heavy (non-hydrogen) atoms. The predicted octanol–water partition coefficient (Wildman–Crippen LogP) is 0.175. The van der Waals surface area contributed by atoms with E-state index in [1.54, 1.807) is 6.92 Å². The number of aryl methyl sites for hydroxylation is 1. The van der Waals surface area contributed by atoms with Gasteiger partial charge in [0.05, 0.1) is 18.9 Å². The molecule has 7 nitrogen and oxygen atoms in total. The summed E-state index contributed by atoms with van der Waals surface area (Å²) in [5.41, 5.74) is 6.73. The number of rotatable bonds is 4. The molecule has 0 saturated heterocycles. The van der Waals surface area contributed by atoms with Gasteiger partial charge in [0.1, 0.15) is 10.6 Å². The summed E-state index contributed by atoms with van der Waals surface area (Å²) < 4.78 is 54.8. The van der Waals surface area contributed by atoms with E-state index in [1.807, 2.05) is 0 Å². The molecule has 0 saturated carbocycles. The van der Waals surface area contributed by atoms with Crippen molar-refractivity contribution in [3.05, 3.63) is 29.2 Å². The predicted molar refractivity (Wildman–Crippen MR) is 79.2 cm³/mol. The minimum Gasteiger partial charge on any atom is -0.495 e. The minimum atomic E-state index is -3.95. The number of benzene rings is 1. The van der Waals surface area contributed by atoms with E-state index < -0.39 is 25.9 Å². The lowest BCUT2D eigenvalue weighted by molar-refractivity contribution is 0.402. The lowest BCUT2D eigenvalue weighted by atomic mass is 10.2. The first kappa shape index (κ1) is 15.8. The largest absolute Gasteiger partial charge is 0.495 e. The average Bonchev–Trinajstić information content (AvgIpc) is 2.70. The van der Waals surface area contributed by atoms with Crippen LogP contribution in [0, 0.1) is 6.92 Å². The zero-order valence-electron chi connectivity index (χ0n) is 11.5. The van der Waals surface area contributed by atoms with Gasteiger partial charge in [0, 0.05) is 11.1 Å². The average molecular weight is 332 g/mol. The smallest absolute Gasteiger partial charge is 0.244 e. The Morgan fingerprint density at radius 2 is 2.05 bits per heavy atom. The van der Waals surface area contributed by atoms with Crippen molar-refractivity contribution in [3.63, 3.8) is 0 Å². The van der Waals surface area contributed by atoms with Crippen LogP contribution in [0.3, 0.4) is 0 Å².